The van der Waals surface area contributed by atoms with Gasteiger partial charge in [0.25, 0.3) is 0 Å². The van der Waals surface area contributed by atoms with E-state index < -0.39 is 0 Å². The second-order valence-corrected chi connectivity index (χ2v) is 7.01. The Bertz CT molecular complexity index is 590. The molecule has 5 heteroatoms. The van der Waals surface area contributed by atoms with Crippen LogP contribution in [-0.2, 0) is 9.59 Å². The molecule has 24 heavy (non-hydrogen) atoms. The van der Waals surface area contributed by atoms with Gasteiger partial charge in [0.05, 0.1) is 0 Å². The Labute approximate surface area is 144 Å². The minimum atomic E-state index is -0.336. The van der Waals surface area contributed by atoms with Crippen LogP contribution in [0.2, 0.25) is 0 Å². The number of nitrogens with zero attached hydrogens (tertiary/aromatic N) is 2. The molecule has 2 heterocycles. The molecule has 0 saturated carbocycles. The number of piperidine rings is 2. The third kappa shape index (κ3) is 3.46. The fraction of sp³-hybridized carbons (Fsp3) is 0.579. The third-order valence-electron chi connectivity index (χ3n) is 5.27. The quantitative estimate of drug-likeness (QED) is 0.923. The summed E-state index contributed by atoms with van der Waals surface area (Å²) in [4.78, 5) is 29.3. The van der Waals surface area contributed by atoms with E-state index in [0.29, 0.717) is 6.04 Å². The first-order chi connectivity index (χ1) is 11.6. The summed E-state index contributed by atoms with van der Waals surface area (Å²) in [5.41, 5.74) is 0.920. The summed E-state index contributed by atoms with van der Waals surface area (Å²) in [6.45, 7) is 3.72. The zero-order valence-electron chi connectivity index (χ0n) is 14.6. The summed E-state index contributed by atoms with van der Waals surface area (Å²) in [6, 6.07) is 9.77. The van der Waals surface area contributed by atoms with E-state index in [9.17, 15) is 9.59 Å². The van der Waals surface area contributed by atoms with Gasteiger partial charge >= 0.3 is 0 Å². The van der Waals surface area contributed by atoms with E-state index in [1.54, 1.807) is 11.9 Å². The summed E-state index contributed by atoms with van der Waals surface area (Å²) in [5, 5.41) is 3.38. The van der Waals surface area contributed by atoms with Crippen molar-refractivity contribution in [3.63, 3.8) is 0 Å². The molecular formula is C19H27N3O2. The number of rotatable bonds is 3. The van der Waals surface area contributed by atoms with Crippen LogP contribution < -0.4 is 10.2 Å². The molecule has 2 aliphatic heterocycles. The number of nitrogens with one attached hydrogen (secondary N) is 1. The predicted octanol–water partition coefficient (Wildman–Crippen LogP) is 2.03. The first kappa shape index (κ1) is 17.0. The van der Waals surface area contributed by atoms with E-state index >= 15 is 0 Å². The van der Waals surface area contributed by atoms with Crippen molar-refractivity contribution in [3.8, 4) is 0 Å². The molecule has 2 saturated heterocycles. The van der Waals surface area contributed by atoms with Gasteiger partial charge in [-0.05, 0) is 51.3 Å². The zero-order chi connectivity index (χ0) is 17.1. The van der Waals surface area contributed by atoms with E-state index in [2.05, 4.69) is 12.2 Å². The van der Waals surface area contributed by atoms with E-state index in [1.165, 1.54) is 0 Å². The van der Waals surface area contributed by atoms with Crippen LogP contribution in [0.25, 0.3) is 0 Å². The summed E-state index contributed by atoms with van der Waals surface area (Å²) in [7, 11) is 1.80. The molecule has 0 aromatic heterocycles. The number of anilines is 1. The van der Waals surface area contributed by atoms with Crippen molar-refractivity contribution in [2.45, 2.75) is 44.7 Å². The highest BCUT2D eigenvalue weighted by molar-refractivity contribution is 6.00. The maximum absolute atomic E-state index is 12.9. The number of benzene rings is 1. The number of hydrogen-bond donors (Lipinski definition) is 1. The van der Waals surface area contributed by atoms with Gasteiger partial charge in [-0.3, -0.25) is 9.59 Å². The number of carbonyl (C=O) groups excluding carboxylic acids is 2. The molecule has 3 atom stereocenters. The van der Waals surface area contributed by atoms with Gasteiger partial charge in [-0.1, -0.05) is 18.2 Å². The zero-order valence-corrected chi connectivity index (χ0v) is 14.6. The van der Waals surface area contributed by atoms with Gasteiger partial charge in [-0.15, -0.1) is 0 Å². The lowest BCUT2D eigenvalue weighted by Gasteiger charge is -2.39. The summed E-state index contributed by atoms with van der Waals surface area (Å²) < 4.78 is 0. The highest BCUT2D eigenvalue weighted by Crippen LogP contribution is 2.26. The topological polar surface area (TPSA) is 52.7 Å². The number of hydrogen-bond acceptors (Lipinski definition) is 3. The summed E-state index contributed by atoms with van der Waals surface area (Å²) >= 11 is 0. The average molecular weight is 329 g/mol. The predicted molar refractivity (Wildman–Crippen MR) is 94.8 cm³/mol. The average Bonchev–Trinajstić information content (AvgIpc) is 2.61. The van der Waals surface area contributed by atoms with Crippen LogP contribution in [0.1, 0.15) is 32.6 Å². The van der Waals surface area contributed by atoms with Crippen LogP contribution in [0.5, 0.6) is 0 Å². The minimum absolute atomic E-state index is 0.0335. The highest BCUT2D eigenvalue weighted by Gasteiger charge is 2.37. The molecule has 1 aromatic rings. The Morgan fingerprint density at radius 3 is 2.71 bits per heavy atom. The fourth-order valence-electron chi connectivity index (χ4n) is 3.88. The third-order valence-corrected chi connectivity index (χ3v) is 5.27. The SMILES string of the molecule is C[C@H]1C[C@@H](C(=O)N(C)C2CCCN(c3ccccc3)C2=O)CCN1. The normalized spacial score (nSPS) is 27.8. The summed E-state index contributed by atoms with van der Waals surface area (Å²) in [5.74, 6) is 0.202. The van der Waals surface area contributed by atoms with Gasteiger partial charge < -0.3 is 15.1 Å². The van der Waals surface area contributed by atoms with E-state index in [0.717, 1.165) is 44.5 Å². The van der Waals surface area contributed by atoms with Gasteiger partial charge in [0.15, 0.2) is 0 Å². The lowest BCUT2D eigenvalue weighted by atomic mass is 9.91. The molecular weight excluding hydrogens is 302 g/mol. The van der Waals surface area contributed by atoms with Crippen molar-refractivity contribution in [3.05, 3.63) is 30.3 Å². The van der Waals surface area contributed by atoms with E-state index in [1.807, 2.05) is 35.2 Å². The molecule has 1 aromatic carbocycles. The minimum Gasteiger partial charge on any atom is -0.333 e. The van der Waals surface area contributed by atoms with Crippen molar-refractivity contribution in [2.75, 3.05) is 25.0 Å². The van der Waals surface area contributed by atoms with Crippen LogP contribution in [0.15, 0.2) is 30.3 Å². The maximum Gasteiger partial charge on any atom is 0.249 e. The van der Waals surface area contributed by atoms with Crippen LogP contribution in [0.3, 0.4) is 0 Å². The second-order valence-electron chi connectivity index (χ2n) is 7.01. The molecule has 2 amide bonds. The van der Waals surface area contributed by atoms with Crippen molar-refractivity contribution in [1.29, 1.82) is 0 Å². The molecule has 1 N–H and O–H groups in total. The van der Waals surface area contributed by atoms with Crippen LogP contribution in [0.4, 0.5) is 5.69 Å². The smallest absolute Gasteiger partial charge is 0.249 e. The molecule has 5 nitrogen and oxygen atoms in total. The Kier molecular flexibility index (Phi) is 5.19. The van der Waals surface area contributed by atoms with Gasteiger partial charge in [-0.25, -0.2) is 0 Å². The largest absolute Gasteiger partial charge is 0.333 e. The van der Waals surface area contributed by atoms with Gasteiger partial charge in [-0.2, -0.15) is 0 Å². The molecule has 2 aliphatic rings. The highest BCUT2D eigenvalue weighted by atomic mass is 16.2. The van der Waals surface area contributed by atoms with Crippen molar-refractivity contribution < 1.29 is 9.59 Å². The first-order valence-corrected chi connectivity index (χ1v) is 8.94. The van der Waals surface area contributed by atoms with Gasteiger partial charge in [0.1, 0.15) is 6.04 Å². The number of carbonyl (C=O) groups is 2. The van der Waals surface area contributed by atoms with E-state index in [4.69, 9.17) is 0 Å². The molecule has 0 bridgehead atoms. The van der Waals surface area contributed by atoms with Crippen LogP contribution >= 0.6 is 0 Å². The standard InChI is InChI=1S/C19H27N3O2/c1-14-13-15(10-11-20-14)18(23)21(2)17-9-6-12-22(19(17)24)16-7-4-3-5-8-16/h3-5,7-8,14-15,17,20H,6,9-13H2,1-2H3/t14-,15-,17?/m0/s1. The molecule has 130 valence electrons. The number of para-hydroxylation sites is 1. The molecule has 0 aliphatic carbocycles. The van der Waals surface area contributed by atoms with Crippen molar-refractivity contribution >= 4 is 17.5 Å². The second kappa shape index (κ2) is 7.34. The maximum atomic E-state index is 12.9. The van der Waals surface area contributed by atoms with Gasteiger partial charge in [0, 0.05) is 31.2 Å². The Morgan fingerprint density at radius 2 is 2.00 bits per heavy atom. The van der Waals surface area contributed by atoms with Gasteiger partial charge in [0.2, 0.25) is 11.8 Å². The van der Waals surface area contributed by atoms with E-state index in [-0.39, 0.29) is 23.8 Å². The Hall–Kier alpha value is -1.88. The monoisotopic (exact) mass is 329 g/mol. The molecule has 0 radical (unpaired) electrons. The molecule has 0 spiro atoms. The first-order valence-electron chi connectivity index (χ1n) is 8.94. The number of amides is 2. The molecule has 2 fully saturated rings. The lowest BCUT2D eigenvalue weighted by Crippen LogP contribution is -2.55. The lowest BCUT2D eigenvalue weighted by molar-refractivity contribution is -0.143. The van der Waals surface area contributed by atoms with Crippen molar-refractivity contribution in [2.24, 2.45) is 5.92 Å². The summed E-state index contributed by atoms with van der Waals surface area (Å²) in [6.07, 6.45) is 3.39. The fourth-order valence-corrected chi connectivity index (χ4v) is 3.88. The molecule has 1 unspecified atom stereocenters. The molecule has 3 rings (SSSR count). The Morgan fingerprint density at radius 1 is 1.25 bits per heavy atom. The number of likely N-dealkylation sites (N-methyl/N-ethyl adjacent to an activating group) is 1. The Balaban J connectivity index is 1.71. The van der Waals surface area contributed by atoms with Crippen LogP contribution in [-0.4, -0.2) is 48.9 Å². The van der Waals surface area contributed by atoms with Crippen molar-refractivity contribution in [1.82, 2.24) is 10.2 Å². The van der Waals surface area contributed by atoms with Crippen LogP contribution in [0, 0.1) is 5.92 Å².